The molecule has 0 aromatic heterocycles. The lowest BCUT2D eigenvalue weighted by Crippen LogP contribution is -1.96. The molecule has 0 saturated heterocycles. The number of allylic oxidation sites excluding steroid dienone is 2. The maximum Gasteiger partial charge on any atom is 0.119 e. The number of rotatable bonds is 3. The molecule has 0 atom stereocenters. The van der Waals surface area contributed by atoms with Gasteiger partial charge in [-0.25, -0.2) is 0 Å². The fraction of sp³-hybridized carbons (Fsp3) is 0.429. The van der Waals surface area contributed by atoms with Gasteiger partial charge in [-0.3, -0.25) is 0 Å². The Bertz CT molecular complexity index is 352. The van der Waals surface area contributed by atoms with Crippen LogP contribution >= 0.6 is 0 Å². The Morgan fingerprint density at radius 2 is 2.20 bits per heavy atom. The zero-order chi connectivity index (χ0) is 10.5. The van der Waals surface area contributed by atoms with Gasteiger partial charge in [-0.2, -0.15) is 0 Å². The van der Waals surface area contributed by atoms with E-state index < -0.39 is 0 Å². The molecule has 1 aliphatic carbocycles. The van der Waals surface area contributed by atoms with Crippen LogP contribution in [0.25, 0.3) is 0 Å². The summed E-state index contributed by atoms with van der Waals surface area (Å²) in [6.07, 6.45) is 8.76. The monoisotopic (exact) mass is 202 g/mol. The highest BCUT2D eigenvalue weighted by Gasteiger charge is 2.04. The zero-order valence-electron chi connectivity index (χ0n) is 9.33. The first-order chi connectivity index (χ1) is 7.38. The maximum absolute atomic E-state index is 5.22. The molecular weight excluding hydrogens is 184 g/mol. The summed E-state index contributed by atoms with van der Waals surface area (Å²) in [5.74, 6) is 0.962. The highest BCUT2D eigenvalue weighted by molar-refractivity contribution is 5.31. The van der Waals surface area contributed by atoms with Gasteiger partial charge >= 0.3 is 0 Å². The molecule has 0 aliphatic heterocycles. The molecule has 1 aromatic carbocycles. The third-order valence-corrected chi connectivity index (χ3v) is 2.95. The van der Waals surface area contributed by atoms with E-state index in [2.05, 4.69) is 24.3 Å². The lowest BCUT2D eigenvalue weighted by molar-refractivity contribution is 0.414. The van der Waals surface area contributed by atoms with E-state index in [4.69, 9.17) is 4.74 Å². The fourth-order valence-electron chi connectivity index (χ4n) is 2.11. The smallest absolute Gasteiger partial charge is 0.119 e. The minimum atomic E-state index is 0.962. The van der Waals surface area contributed by atoms with Crippen molar-refractivity contribution < 1.29 is 4.74 Å². The molecule has 0 saturated carbocycles. The molecule has 1 heteroatoms. The summed E-state index contributed by atoms with van der Waals surface area (Å²) in [7, 11) is 1.72. The second-order valence-electron chi connectivity index (χ2n) is 4.14. The Morgan fingerprint density at radius 1 is 1.27 bits per heavy atom. The molecule has 1 aliphatic rings. The molecule has 0 spiro atoms. The van der Waals surface area contributed by atoms with Crippen molar-refractivity contribution in [3.05, 3.63) is 41.5 Å². The van der Waals surface area contributed by atoms with Gasteiger partial charge in [0, 0.05) is 0 Å². The van der Waals surface area contributed by atoms with Crippen LogP contribution in [0.2, 0.25) is 0 Å². The van der Waals surface area contributed by atoms with E-state index in [1.54, 1.807) is 12.7 Å². The number of methoxy groups -OCH3 is 1. The van der Waals surface area contributed by atoms with Crippen LogP contribution in [0, 0.1) is 0 Å². The first kappa shape index (κ1) is 10.3. The minimum absolute atomic E-state index is 0.962. The van der Waals surface area contributed by atoms with Gasteiger partial charge in [-0.15, -0.1) is 0 Å². The summed E-state index contributed by atoms with van der Waals surface area (Å²) in [5, 5.41) is 0. The lowest BCUT2D eigenvalue weighted by Gasteiger charge is -2.12. The predicted octanol–water partition coefficient (Wildman–Crippen LogP) is 3.74. The van der Waals surface area contributed by atoms with Crippen molar-refractivity contribution in [3.8, 4) is 5.75 Å². The van der Waals surface area contributed by atoms with Crippen molar-refractivity contribution in [2.75, 3.05) is 7.11 Å². The van der Waals surface area contributed by atoms with Gasteiger partial charge in [0.2, 0.25) is 0 Å². The predicted molar refractivity (Wildman–Crippen MR) is 63.2 cm³/mol. The Morgan fingerprint density at radius 3 is 2.93 bits per heavy atom. The molecule has 0 heterocycles. The van der Waals surface area contributed by atoms with Crippen LogP contribution in [0.1, 0.15) is 31.2 Å². The molecule has 80 valence electrons. The van der Waals surface area contributed by atoms with Gasteiger partial charge in [0.15, 0.2) is 0 Å². The second-order valence-corrected chi connectivity index (χ2v) is 4.14. The van der Waals surface area contributed by atoms with Gasteiger partial charge in [0.05, 0.1) is 7.11 Å². The van der Waals surface area contributed by atoms with Crippen LogP contribution in [0.15, 0.2) is 35.9 Å². The molecule has 15 heavy (non-hydrogen) atoms. The van der Waals surface area contributed by atoms with Crippen LogP contribution in [0.4, 0.5) is 0 Å². The van der Waals surface area contributed by atoms with E-state index in [0.29, 0.717) is 0 Å². The summed E-state index contributed by atoms with van der Waals surface area (Å²) in [4.78, 5) is 0. The molecule has 2 rings (SSSR count). The Balaban J connectivity index is 2.06. The van der Waals surface area contributed by atoms with Crippen molar-refractivity contribution in [1.29, 1.82) is 0 Å². The quantitative estimate of drug-likeness (QED) is 0.678. The Labute approximate surface area is 91.8 Å². The van der Waals surface area contributed by atoms with Crippen molar-refractivity contribution in [1.82, 2.24) is 0 Å². The third kappa shape index (κ3) is 2.85. The Kier molecular flexibility index (Phi) is 3.44. The van der Waals surface area contributed by atoms with E-state index in [1.165, 1.54) is 31.2 Å². The zero-order valence-corrected chi connectivity index (χ0v) is 9.33. The third-order valence-electron chi connectivity index (χ3n) is 2.95. The first-order valence-electron chi connectivity index (χ1n) is 5.69. The summed E-state index contributed by atoms with van der Waals surface area (Å²) in [6.45, 7) is 0. The molecule has 1 aromatic rings. The first-order valence-corrected chi connectivity index (χ1v) is 5.69. The van der Waals surface area contributed by atoms with Crippen LogP contribution in [0.5, 0.6) is 5.75 Å². The van der Waals surface area contributed by atoms with Crippen molar-refractivity contribution in [3.63, 3.8) is 0 Å². The highest BCUT2D eigenvalue weighted by Crippen LogP contribution is 2.22. The Hall–Kier alpha value is -1.24. The summed E-state index contributed by atoms with van der Waals surface area (Å²) in [6, 6.07) is 8.38. The molecule has 1 nitrogen and oxygen atoms in total. The summed E-state index contributed by atoms with van der Waals surface area (Å²) < 4.78 is 5.22. The molecule has 0 bridgehead atoms. The highest BCUT2D eigenvalue weighted by atomic mass is 16.5. The van der Waals surface area contributed by atoms with Crippen LogP contribution in [-0.4, -0.2) is 7.11 Å². The standard InChI is InChI=1S/C14H18O/c1-15-14-9-5-8-13(11-14)10-12-6-3-2-4-7-12/h5-6,8-9,11H,2-4,7,10H2,1H3. The van der Waals surface area contributed by atoms with E-state index in [9.17, 15) is 0 Å². The number of hydrogen-bond acceptors (Lipinski definition) is 1. The molecule has 0 N–H and O–H groups in total. The van der Waals surface area contributed by atoms with Crippen molar-refractivity contribution in [2.24, 2.45) is 0 Å². The fourth-order valence-corrected chi connectivity index (χ4v) is 2.11. The molecule has 0 amide bonds. The minimum Gasteiger partial charge on any atom is -0.497 e. The largest absolute Gasteiger partial charge is 0.497 e. The lowest BCUT2D eigenvalue weighted by atomic mass is 9.94. The average molecular weight is 202 g/mol. The number of benzene rings is 1. The van der Waals surface area contributed by atoms with Gasteiger partial charge in [-0.05, 0) is 49.8 Å². The van der Waals surface area contributed by atoms with Gasteiger partial charge in [0.25, 0.3) is 0 Å². The van der Waals surface area contributed by atoms with E-state index in [-0.39, 0.29) is 0 Å². The number of hydrogen-bond donors (Lipinski definition) is 0. The molecule has 0 radical (unpaired) electrons. The van der Waals surface area contributed by atoms with Crippen LogP contribution in [0.3, 0.4) is 0 Å². The maximum atomic E-state index is 5.22. The molecule has 0 fully saturated rings. The normalized spacial score (nSPS) is 15.9. The van der Waals surface area contributed by atoms with Gasteiger partial charge in [-0.1, -0.05) is 23.8 Å². The molecule has 0 unspecified atom stereocenters. The van der Waals surface area contributed by atoms with Crippen molar-refractivity contribution >= 4 is 0 Å². The van der Waals surface area contributed by atoms with Crippen LogP contribution in [-0.2, 0) is 6.42 Å². The summed E-state index contributed by atoms with van der Waals surface area (Å²) in [5.41, 5.74) is 2.96. The number of ether oxygens (including phenoxy) is 1. The van der Waals surface area contributed by atoms with Crippen LogP contribution < -0.4 is 4.74 Å². The van der Waals surface area contributed by atoms with E-state index in [0.717, 1.165) is 12.2 Å². The van der Waals surface area contributed by atoms with E-state index in [1.807, 2.05) is 6.07 Å². The van der Waals surface area contributed by atoms with E-state index >= 15 is 0 Å². The second kappa shape index (κ2) is 5.01. The summed E-state index contributed by atoms with van der Waals surface area (Å²) >= 11 is 0. The van der Waals surface area contributed by atoms with Gasteiger partial charge < -0.3 is 4.74 Å². The van der Waals surface area contributed by atoms with Gasteiger partial charge in [0.1, 0.15) is 5.75 Å². The topological polar surface area (TPSA) is 9.23 Å². The average Bonchev–Trinajstić information content (AvgIpc) is 2.31. The molecular formula is C14H18O. The van der Waals surface area contributed by atoms with Crippen molar-refractivity contribution in [2.45, 2.75) is 32.1 Å². The SMILES string of the molecule is COc1cccc(CC2=CCCCC2)c1.